The average Bonchev–Trinajstić information content (AvgIpc) is 2.45. The van der Waals surface area contributed by atoms with E-state index in [9.17, 15) is 18.0 Å². The van der Waals surface area contributed by atoms with E-state index in [0.29, 0.717) is 16.9 Å². The van der Waals surface area contributed by atoms with Gasteiger partial charge in [0.05, 0.1) is 13.5 Å². The lowest BCUT2D eigenvalue weighted by Crippen LogP contribution is -2.11. The Balaban J connectivity index is 2.21. The smallest absolute Gasteiger partial charge is 0.393 e. The molecule has 2 nitrogen and oxygen atoms in total. The number of carbonyl (C=O) groups excluding carboxylic acids is 1. The van der Waals surface area contributed by atoms with E-state index < -0.39 is 12.6 Å². The van der Waals surface area contributed by atoms with E-state index in [-0.39, 0.29) is 11.3 Å². The third-order valence-corrected chi connectivity index (χ3v) is 3.28. The van der Waals surface area contributed by atoms with E-state index in [1.165, 1.54) is 24.3 Å². The average molecular weight is 308 g/mol. The predicted octanol–water partition coefficient (Wildman–Crippen LogP) is 4.34. The molecule has 0 radical (unpaired) electrons. The number of alkyl halides is 3. The summed E-state index contributed by atoms with van der Waals surface area (Å²) in [6.07, 6.45) is -5.25. The van der Waals surface area contributed by atoms with E-state index >= 15 is 0 Å². The van der Waals surface area contributed by atoms with Gasteiger partial charge in [-0.05, 0) is 36.2 Å². The highest BCUT2D eigenvalue weighted by molar-refractivity contribution is 6.09. The summed E-state index contributed by atoms with van der Waals surface area (Å²) < 4.78 is 42.0. The van der Waals surface area contributed by atoms with Gasteiger partial charge in [0.15, 0.2) is 5.78 Å². The molecular formula is C17H15F3O2. The largest absolute Gasteiger partial charge is 0.496 e. The van der Waals surface area contributed by atoms with Crippen LogP contribution in [-0.4, -0.2) is 19.1 Å². The molecule has 0 aliphatic carbocycles. The summed E-state index contributed by atoms with van der Waals surface area (Å²) in [5.41, 5.74) is 1.79. The van der Waals surface area contributed by atoms with Gasteiger partial charge in [-0.15, -0.1) is 0 Å². The summed E-state index contributed by atoms with van der Waals surface area (Å²) in [6, 6.07) is 10.5. The second-order valence-electron chi connectivity index (χ2n) is 5.00. The van der Waals surface area contributed by atoms with Crippen molar-refractivity contribution < 1.29 is 22.7 Å². The molecule has 2 aromatic rings. The highest BCUT2D eigenvalue weighted by atomic mass is 19.4. The van der Waals surface area contributed by atoms with Gasteiger partial charge in [-0.25, -0.2) is 0 Å². The van der Waals surface area contributed by atoms with Gasteiger partial charge in [0.25, 0.3) is 0 Å². The topological polar surface area (TPSA) is 26.3 Å². The van der Waals surface area contributed by atoms with Crippen molar-refractivity contribution >= 4 is 5.78 Å². The summed E-state index contributed by atoms with van der Waals surface area (Å²) in [4.78, 5) is 12.3. The predicted molar refractivity (Wildman–Crippen MR) is 77.4 cm³/mol. The lowest BCUT2D eigenvalue weighted by atomic mass is 9.99. The number of ketones is 1. The number of rotatable bonds is 4. The van der Waals surface area contributed by atoms with Crippen LogP contribution in [0.15, 0.2) is 42.5 Å². The zero-order chi connectivity index (χ0) is 16.3. The molecule has 2 aromatic carbocycles. The number of benzene rings is 2. The summed E-state index contributed by atoms with van der Waals surface area (Å²) >= 11 is 0. The summed E-state index contributed by atoms with van der Waals surface area (Å²) in [5, 5.41) is 0. The lowest BCUT2D eigenvalue weighted by molar-refractivity contribution is -0.127. The Bertz CT molecular complexity index is 673. The van der Waals surface area contributed by atoms with Crippen molar-refractivity contribution in [2.24, 2.45) is 0 Å². The maximum atomic E-state index is 12.3. The van der Waals surface area contributed by atoms with Crippen molar-refractivity contribution in [3.05, 3.63) is 64.7 Å². The standard InChI is InChI=1S/C17H15F3O2/c1-11-9-14(7-8-15(11)22-2)16(21)13-5-3-12(4-6-13)10-17(18,19)20/h3-9H,10H2,1-2H3. The van der Waals surface area contributed by atoms with E-state index in [1.54, 1.807) is 25.3 Å². The van der Waals surface area contributed by atoms with E-state index in [0.717, 1.165) is 5.56 Å². The summed E-state index contributed by atoms with van der Waals surface area (Å²) in [5.74, 6) is 0.446. The molecule has 0 saturated heterocycles. The Hall–Kier alpha value is -2.30. The molecule has 0 spiro atoms. The molecular weight excluding hydrogens is 293 g/mol. The van der Waals surface area contributed by atoms with E-state index in [4.69, 9.17) is 4.74 Å². The number of ether oxygens (including phenoxy) is 1. The second-order valence-corrected chi connectivity index (χ2v) is 5.00. The molecule has 0 aliphatic rings. The molecule has 2 rings (SSSR count). The van der Waals surface area contributed by atoms with Crippen LogP contribution in [0, 0.1) is 6.92 Å². The Labute approximate surface area is 126 Å². The molecule has 0 aliphatic heterocycles. The third-order valence-electron chi connectivity index (χ3n) is 3.28. The van der Waals surface area contributed by atoms with Crippen molar-refractivity contribution in [2.75, 3.05) is 7.11 Å². The number of hydrogen-bond donors (Lipinski definition) is 0. The Kier molecular flexibility index (Phi) is 4.54. The Morgan fingerprint density at radius 2 is 1.64 bits per heavy atom. The molecule has 116 valence electrons. The van der Waals surface area contributed by atoms with Crippen LogP contribution in [0.3, 0.4) is 0 Å². The maximum absolute atomic E-state index is 12.3. The monoisotopic (exact) mass is 308 g/mol. The first-order valence-corrected chi connectivity index (χ1v) is 6.65. The van der Waals surface area contributed by atoms with Crippen LogP contribution in [0.1, 0.15) is 27.0 Å². The van der Waals surface area contributed by atoms with Gasteiger partial charge >= 0.3 is 6.18 Å². The number of halogens is 3. The van der Waals surface area contributed by atoms with Crippen LogP contribution in [-0.2, 0) is 6.42 Å². The van der Waals surface area contributed by atoms with Gasteiger partial charge in [-0.2, -0.15) is 13.2 Å². The fourth-order valence-corrected chi connectivity index (χ4v) is 2.19. The van der Waals surface area contributed by atoms with Gasteiger partial charge in [0.1, 0.15) is 5.75 Å². The molecule has 0 bridgehead atoms. The fraction of sp³-hybridized carbons (Fsp3) is 0.235. The van der Waals surface area contributed by atoms with Crippen LogP contribution in [0.25, 0.3) is 0 Å². The van der Waals surface area contributed by atoms with Crippen LogP contribution >= 0.6 is 0 Å². The van der Waals surface area contributed by atoms with Gasteiger partial charge in [0.2, 0.25) is 0 Å². The minimum atomic E-state index is -4.25. The van der Waals surface area contributed by atoms with Crippen LogP contribution < -0.4 is 4.74 Å². The van der Waals surface area contributed by atoms with E-state index in [2.05, 4.69) is 0 Å². The van der Waals surface area contributed by atoms with Crippen LogP contribution in [0.2, 0.25) is 0 Å². The number of hydrogen-bond acceptors (Lipinski definition) is 2. The van der Waals surface area contributed by atoms with E-state index in [1.807, 2.05) is 6.92 Å². The number of methoxy groups -OCH3 is 1. The highest BCUT2D eigenvalue weighted by Crippen LogP contribution is 2.23. The van der Waals surface area contributed by atoms with Crippen molar-refractivity contribution in [3.63, 3.8) is 0 Å². The molecule has 0 N–H and O–H groups in total. The zero-order valence-electron chi connectivity index (χ0n) is 12.2. The quantitative estimate of drug-likeness (QED) is 0.785. The molecule has 22 heavy (non-hydrogen) atoms. The van der Waals surface area contributed by atoms with Crippen molar-refractivity contribution in [2.45, 2.75) is 19.5 Å². The lowest BCUT2D eigenvalue weighted by Gasteiger charge is -2.08. The third kappa shape index (κ3) is 3.87. The fourth-order valence-electron chi connectivity index (χ4n) is 2.19. The Morgan fingerprint density at radius 1 is 1.05 bits per heavy atom. The SMILES string of the molecule is COc1ccc(C(=O)c2ccc(CC(F)(F)F)cc2)cc1C. The molecule has 5 heteroatoms. The molecule has 0 atom stereocenters. The Morgan fingerprint density at radius 3 is 2.14 bits per heavy atom. The van der Waals surface area contributed by atoms with Crippen molar-refractivity contribution in [3.8, 4) is 5.75 Å². The number of carbonyl (C=O) groups is 1. The molecule has 0 unspecified atom stereocenters. The normalized spacial score (nSPS) is 11.3. The first kappa shape index (κ1) is 16.1. The molecule has 0 amide bonds. The molecule has 0 aromatic heterocycles. The minimum absolute atomic E-state index is 0.134. The molecule has 0 heterocycles. The molecule has 0 saturated carbocycles. The van der Waals surface area contributed by atoms with Gasteiger partial charge in [-0.3, -0.25) is 4.79 Å². The maximum Gasteiger partial charge on any atom is 0.393 e. The highest BCUT2D eigenvalue weighted by Gasteiger charge is 2.27. The number of aryl methyl sites for hydroxylation is 1. The van der Waals surface area contributed by atoms with Crippen LogP contribution in [0.5, 0.6) is 5.75 Å². The van der Waals surface area contributed by atoms with Gasteiger partial charge in [0, 0.05) is 11.1 Å². The van der Waals surface area contributed by atoms with Gasteiger partial charge < -0.3 is 4.74 Å². The van der Waals surface area contributed by atoms with Crippen LogP contribution in [0.4, 0.5) is 13.2 Å². The second kappa shape index (κ2) is 6.22. The summed E-state index contributed by atoms with van der Waals surface area (Å²) in [7, 11) is 1.54. The van der Waals surface area contributed by atoms with Crippen molar-refractivity contribution in [1.82, 2.24) is 0 Å². The minimum Gasteiger partial charge on any atom is -0.496 e. The molecule has 0 fully saturated rings. The zero-order valence-corrected chi connectivity index (χ0v) is 12.2. The summed E-state index contributed by atoms with van der Waals surface area (Å²) in [6.45, 7) is 1.82. The van der Waals surface area contributed by atoms with Gasteiger partial charge in [-0.1, -0.05) is 24.3 Å². The first-order valence-electron chi connectivity index (χ1n) is 6.65. The van der Waals surface area contributed by atoms with Crippen molar-refractivity contribution in [1.29, 1.82) is 0 Å². The first-order chi connectivity index (χ1) is 10.3.